The van der Waals surface area contributed by atoms with Crippen LogP contribution in [0.5, 0.6) is 0 Å². The van der Waals surface area contributed by atoms with Crippen LogP contribution in [0.25, 0.3) is 0 Å². The summed E-state index contributed by atoms with van der Waals surface area (Å²) < 4.78 is 0. The first-order valence-corrected chi connectivity index (χ1v) is 7.77. The van der Waals surface area contributed by atoms with E-state index in [4.69, 9.17) is 0 Å². The van der Waals surface area contributed by atoms with E-state index < -0.39 is 0 Å². The maximum absolute atomic E-state index is 2.66. The van der Waals surface area contributed by atoms with Crippen LogP contribution in [0.3, 0.4) is 0 Å². The van der Waals surface area contributed by atoms with Gasteiger partial charge in [0.25, 0.3) is 0 Å². The van der Waals surface area contributed by atoms with Crippen LogP contribution in [0.15, 0.2) is 0 Å². The van der Waals surface area contributed by atoms with Crippen LogP contribution in [-0.4, -0.2) is 7.85 Å². The van der Waals surface area contributed by atoms with Gasteiger partial charge in [0.05, 0.1) is 0 Å². The normalized spacial score (nSPS) is 33.5. The van der Waals surface area contributed by atoms with Crippen LogP contribution in [0, 0.1) is 11.3 Å². The Labute approximate surface area is 102 Å². The minimum atomic E-state index is 0.735. The molecule has 3 fully saturated rings. The van der Waals surface area contributed by atoms with Gasteiger partial charge < -0.3 is 0 Å². The van der Waals surface area contributed by atoms with Crippen molar-refractivity contribution in [3.05, 3.63) is 0 Å². The molecule has 0 aromatic heterocycles. The fourth-order valence-corrected chi connectivity index (χ4v) is 5.64. The van der Waals surface area contributed by atoms with Crippen molar-refractivity contribution in [2.45, 2.75) is 82.4 Å². The molecule has 0 unspecified atom stereocenters. The molecule has 0 N–H and O–H groups in total. The summed E-state index contributed by atoms with van der Waals surface area (Å²) in [4.78, 5) is 0. The molecule has 0 aromatic rings. The lowest BCUT2D eigenvalue weighted by Gasteiger charge is -2.49. The van der Waals surface area contributed by atoms with Crippen molar-refractivity contribution in [1.29, 1.82) is 0 Å². The molecule has 16 heavy (non-hydrogen) atoms. The molecule has 0 bridgehead atoms. The van der Waals surface area contributed by atoms with Gasteiger partial charge in [0, 0.05) is 0 Å². The second kappa shape index (κ2) is 4.07. The Morgan fingerprint density at radius 2 is 1.19 bits per heavy atom. The molecule has 0 spiro atoms. The van der Waals surface area contributed by atoms with Crippen LogP contribution in [0.1, 0.15) is 77.0 Å². The summed E-state index contributed by atoms with van der Waals surface area (Å²) in [5.41, 5.74) is 0.792. The molecule has 3 aliphatic carbocycles. The molecule has 90 valence electrons. The number of hydrogen-bond acceptors (Lipinski definition) is 0. The first kappa shape index (κ1) is 11.2. The van der Waals surface area contributed by atoms with Gasteiger partial charge in [-0.15, -0.1) is 0 Å². The van der Waals surface area contributed by atoms with Gasteiger partial charge in [-0.05, 0) is 37.0 Å². The minimum absolute atomic E-state index is 0.735. The predicted molar refractivity (Wildman–Crippen MR) is 72.6 cm³/mol. The quantitative estimate of drug-likeness (QED) is 0.612. The van der Waals surface area contributed by atoms with E-state index in [9.17, 15) is 0 Å². The average molecular weight is 218 g/mol. The molecular formula is C15H27B. The van der Waals surface area contributed by atoms with E-state index in [0.29, 0.717) is 0 Å². The molecular weight excluding hydrogens is 191 g/mol. The molecule has 3 rings (SSSR count). The molecule has 1 heteroatoms. The molecule has 0 amide bonds. The maximum Gasteiger partial charge on any atom is 0.110 e. The third-order valence-corrected chi connectivity index (χ3v) is 6.54. The smallest absolute Gasteiger partial charge is 0.0543 e. The summed E-state index contributed by atoms with van der Waals surface area (Å²) in [5.74, 6) is 1.11. The van der Waals surface area contributed by atoms with Gasteiger partial charge in [0.1, 0.15) is 7.85 Å². The first-order chi connectivity index (χ1) is 7.77. The Morgan fingerprint density at radius 3 is 1.75 bits per heavy atom. The summed E-state index contributed by atoms with van der Waals surface area (Å²) in [6, 6.07) is 0. The lowest BCUT2D eigenvalue weighted by Crippen LogP contribution is -2.38. The van der Waals surface area contributed by atoms with E-state index in [1.54, 1.807) is 38.5 Å². The molecule has 0 aromatic carbocycles. The van der Waals surface area contributed by atoms with E-state index in [2.05, 4.69) is 7.85 Å². The van der Waals surface area contributed by atoms with E-state index in [-0.39, 0.29) is 0 Å². The van der Waals surface area contributed by atoms with Crippen molar-refractivity contribution in [1.82, 2.24) is 0 Å². The Bertz CT molecular complexity index is 240. The second-order valence-electron chi connectivity index (χ2n) is 7.11. The Balaban J connectivity index is 1.89. The Kier molecular flexibility index (Phi) is 2.84. The van der Waals surface area contributed by atoms with Crippen molar-refractivity contribution in [2.75, 3.05) is 0 Å². The Hall–Kier alpha value is 0.0649. The van der Waals surface area contributed by atoms with Crippen molar-refractivity contribution in [3.8, 4) is 0 Å². The molecule has 0 saturated heterocycles. The van der Waals surface area contributed by atoms with Crippen LogP contribution >= 0.6 is 0 Å². The van der Waals surface area contributed by atoms with Gasteiger partial charge in [-0.2, -0.15) is 0 Å². The monoisotopic (exact) mass is 218 g/mol. The fraction of sp³-hybridized carbons (Fsp3) is 1.00. The predicted octanol–water partition coefficient (Wildman–Crippen LogP) is 4.10. The third kappa shape index (κ3) is 1.50. The van der Waals surface area contributed by atoms with Gasteiger partial charge in [-0.1, -0.05) is 56.7 Å². The fourth-order valence-electron chi connectivity index (χ4n) is 5.64. The van der Waals surface area contributed by atoms with Crippen LogP contribution in [-0.2, 0) is 0 Å². The third-order valence-electron chi connectivity index (χ3n) is 6.54. The zero-order chi connectivity index (χ0) is 11.1. The SMILES string of the molecule is BC1(C2(C3CCCC3)CCCC2)CCCC1. The molecule has 3 aliphatic rings. The first-order valence-electron chi connectivity index (χ1n) is 7.77. The van der Waals surface area contributed by atoms with E-state index >= 15 is 0 Å². The summed E-state index contributed by atoms with van der Waals surface area (Å²) in [7, 11) is 2.66. The highest BCUT2D eigenvalue weighted by molar-refractivity contribution is 6.16. The van der Waals surface area contributed by atoms with Crippen LogP contribution in [0.2, 0.25) is 5.31 Å². The largest absolute Gasteiger partial charge is 0.110 e. The van der Waals surface area contributed by atoms with Gasteiger partial charge >= 0.3 is 0 Å². The van der Waals surface area contributed by atoms with Gasteiger partial charge in [0.2, 0.25) is 0 Å². The summed E-state index contributed by atoms with van der Waals surface area (Å²) in [6.07, 6.45) is 18.5. The lowest BCUT2D eigenvalue weighted by atomic mass is 9.46. The highest BCUT2D eigenvalue weighted by Gasteiger charge is 2.54. The van der Waals surface area contributed by atoms with E-state index in [0.717, 1.165) is 16.6 Å². The molecule has 0 heterocycles. The molecule has 0 radical (unpaired) electrons. The molecule has 0 nitrogen and oxygen atoms in total. The second-order valence-corrected chi connectivity index (χ2v) is 7.11. The highest BCUT2D eigenvalue weighted by Crippen LogP contribution is 2.67. The molecule has 0 aliphatic heterocycles. The number of rotatable bonds is 2. The standard InChI is InChI=1S/C15H27B/c16-15(11-5-6-12-15)14(9-3-4-10-14)13-7-1-2-8-13/h13H,1-12,16H2. The van der Waals surface area contributed by atoms with Crippen molar-refractivity contribution in [3.63, 3.8) is 0 Å². The van der Waals surface area contributed by atoms with Gasteiger partial charge in [-0.3, -0.25) is 0 Å². The van der Waals surface area contributed by atoms with E-state index in [1.807, 2.05) is 0 Å². The van der Waals surface area contributed by atoms with Gasteiger partial charge in [0.15, 0.2) is 0 Å². The lowest BCUT2D eigenvalue weighted by molar-refractivity contribution is 0.0951. The maximum atomic E-state index is 2.66. The molecule has 3 saturated carbocycles. The average Bonchev–Trinajstić information content (AvgIpc) is 2.99. The van der Waals surface area contributed by atoms with E-state index in [1.165, 1.54) is 38.5 Å². The zero-order valence-corrected chi connectivity index (χ0v) is 11.1. The molecule has 0 atom stereocenters. The number of hydrogen-bond donors (Lipinski definition) is 0. The Morgan fingerprint density at radius 1 is 0.688 bits per heavy atom. The highest BCUT2D eigenvalue weighted by atomic mass is 14.6. The van der Waals surface area contributed by atoms with Crippen molar-refractivity contribution < 1.29 is 0 Å². The van der Waals surface area contributed by atoms with Crippen molar-refractivity contribution in [2.24, 2.45) is 11.3 Å². The summed E-state index contributed by atoms with van der Waals surface area (Å²) >= 11 is 0. The van der Waals surface area contributed by atoms with Gasteiger partial charge in [-0.25, -0.2) is 0 Å². The van der Waals surface area contributed by atoms with Crippen LogP contribution < -0.4 is 0 Å². The van der Waals surface area contributed by atoms with Crippen LogP contribution in [0.4, 0.5) is 0 Å². The zero-order valence-electron chi connectivity index (χ0n) is 11.1. The summed E-state index contributed by atoms with van der Waals surface area (Å²) in [5, 5.41) is 0.735. The topological polar surface area (TPSA) is 0 Å². The van der Waals surface area contributed by atoms with Crippen molar-refractivity contribution >= 4 is 7.85 Å². The minimum Gasteiger partial charge on any atom is -0.0543 e. The summed E-state index contributed by atoms with van der Waals surface area (Å²) in [6.45, 7) is 0.